The lowest BCUT2D eigenvalue weighted by Crippen LogP contribution is -2.40. The van der Waals surface area contributed by atoms with Crippen molar-refractivity contribution in [2.24, 2.45) is 0 Å². The number of nitrogens with zero attached hydrogens (tertiary/aromatic N) is 1. The highest BCUT2D eigenvalue weighted by atomic mass is 79.9. The molecule has 0 atom stereocenters. The number of carbonyl (C=O) groups is 1. The van der Waals surface area contributed by atoms with E-state index < -0.39 is 9.84 Å². The Labute approximate surface area is 113 Å². The summed E-state index contributed by atoms with van der Waals surface area (Å²) in [7, 11) is -3.29. The number of alkyl halides is 1. The Hall–Kier alpha value is -0.590. The van der Waals surface area contributed by atoms with Gasteiger partial charge in [0.05, 0.1) is 16.3 Å². The molecule has 92 valence electrons. The number of sulfone groups is 1. The number of hydrogen-bond acceptors (Lipinski definition) is 3. The zero-order valence-corrected chi connectivity index (χ0v) is 11.8. The number of carbonyl (C=O) groups excluding carboxylic acids is 1. The monoisotopic (exact) mass is 337 g/mol. The first-order valence-electron chi connectivity index (χ1n) is 4.84. The van der Waals surface area contributed by atoms with Crippen molar-refractivity contribution in [2.45, 2.75) is 4.90 Å². The van der Waals surface area contributed by atoms with Gasteiger partial charge in [-0.05, 0) is 18.2 Å². The van der Waals surface area contributed by atoms with Gasteiger partial charge in [0.15, 0.2) is 9.84 Å². The molecule has 0 fully saturated rings. The van der Waals surface area contributed by atoms with Gasteiger partial charge in [0.1, 0.15) is 5.88 Å². The van der Waals surface area contributed by atoms with Crippen LogP contribution in [0.3, 0.4) is 0 Å². The van der Waals surface area contributed by atoms with Crippen molar-refractivity contribution in [3.05, 3.63) is 22.7 Å². The summed E-state index contributed by atoms with van der Waals surface area (Å²) in [6.07, 6.45) is 0. The van der Waals surface area contributed by atoms with E-state index in [0.29, 0.717) is 5.69 Å². The Morgan fingerprint density at radius 2 is 2.18 bits per heavy atom. The topological polar surface area (TPSA) is 54.5 Å². The minimum atomic E-state index is -3.29. The van der Waals surface area contributed by atoms with Crippen molar-refractivity contribution in [3.8, 4) is 0 Å². The van der Waals surface area contributed by atoms with Crippen molar-refractivity contribution in [1.82, 2.24) is 0 Å². The molecule has 17 heavy (non-hydrogen) atoms. The molecule has 2 rings (SSSR count). The molecule has 0 aliphatic carbocycles. The molecule has 0 spiro atoms. The Bertz CT molecular complexity index is 573. The van der Waals surface area contributed by atoms with E-state index in [1.807, 2.05) is 0 Å². The van der Waals surface area contributed by atoms with Crippen LogP contribution in [0.25, 0.3) is 0 Å². The summed E-state index contributed by atoms with van der Waals surface area (Å²) in [4.78, 5) is 13.2. The predicted molar refractivity (Wildman–Crippen MR) is 69.3 cm³/mol. The number of amides is 1. The van der Waals surface area contributed by atoms with E-state index in [-0.39, 0.29) is 29.0 Å². The van der Waals surface area contributed by atoms with Crippen LogP contribution < -0.4 is 4.90 Å². The van der Waals surface area contributed by atoms with Crippen molar-refractivity contribution < 1.29 is 13.2 Å². The molecule has 4 nitrogen and oxygen atoms in total. The van der Waals surface area contributed by atoms with Crippen LogP contribution in [0.1, 0.15) is 0 Å². The molecule has 0 bridgehead atoms. The van der Waals surface area contributed by atoms with E-state index >= 15 is 0 Å². The first-order chi connectivity index (χ1) is 7.95. The fourth-order valence-electron chi connectivity index (χ4n) is 1.74. The number of benzene rings is 1. The maximum absolute atomic E-state index is 11.9. The minimum Gasteiger partial charge on any atom is -0.309 e. The third-order valence-corrected chi connectivity index (χ3v) is 5.00. The smallest absolute Gasteiger partial charge is 0.241 e. The zero-order valence-electron chi connectivity index (χ0n) is 8.69. The fourth-order valence-corrected chi connectivity index (χ4v) is 3.64. The zero-order chi connectivity index (χ0) is 12.6. The van der Waals surface area contributed by atoms with Gasteiger partial charge in [-0.1, -0.05) is 15.9 Å². The SMILES string of the molecule is O=C(CCl)N1CCS(=O)(=O)c2ccc(Br)cc21. The number of halogens is 2. The molecule has 1 aliphatic rings. The van der Waals surface area contributed by atoms with Crippen LogP contribution in [0.2, 0.25) is 0 Å². The molecule has 1 heterocycles. The molecule has 0 radical (unpaired) electrons. The quantitative estimate of drug-likeness (QED) is 0.734. The lowest BCUT2D eigenvalue weighted by atomic mass is 10.2. The summed E-state index contributed by atoms with van der Waals surface area (Å²) in [5.41, 5.74) is 0.399. The van der Waals surface area contributed by atoms with Crippen LogP contribution in [0, 0.1) is 0 Å². The van der Waals surface area contributed by atoms with Crippen molar-refractivity contribution in [3.63, 3.8) is 0 Å². The largest absolute Gasteiger partial charge is 0.309 e. The van der Waals surface area contributed by atoms with Gasteiger partial charge >= 0.3 is 0 Å². The molecule has 0 N–H and O–H groups in total. The Morgan fingerprint density at radius 3 is 2.82 bits per heavy atom. The standard InChI is InChI=1S/C10H9BrClNO3S/c11-7-1-2-9-8(5-7)13(10(14)6-12)3-4-17(9,15)16/h1-2,5H,3-4,6H2. The maximum Gasteiger partial charge on any atom is 0.241 e. The van der Waals surface area contributed by atoms with Crippen LogP contribution in [0.5, 0.6) is 0 Å². The van der Waals surface area contributed by atoms with Crippen LogP contribution in [0.4, 0.5) is 5.69 Å². The number of fused-ring (bicyclic) bond motifs is 1. The van der Waals surface area contributed by atoms with E-state index in [1.165, 1.54) is 11.0 Å². The molecule has 1 aromatic carbocycles. The number of hydrogen-bond donors (Lipinski definition) is 0. The van der Waals surface area contributed by atoms with Gasteiger partial charge in [-0.15, -0.1) is 11.6 Å². The summed E-state index contributed by atoms with van der Waals surface area (Å²) in [6.45, 7) is 0.150. The molecule has 1 amide bonds. The highest BCUT2D eigenvalue weighted by molar-refractivity contribution is 9.10. The fraction of sp³-hybridized carbons (Fsp3) is 0.300. The van der Waals surface area contributed by atoms with E-state index in [1.54, 1.807) is 12.1 Å². The molecule has 7 heteroatoms. The van der Waals surface area contributed by atoms with E-state index in [9.17, 15) is 13.2 Å². The highest BCUT2D eigenvalue weighted by Gasteiger charge is 2.31. The average molecular weight is 339 g/mol. The van der Waals surface area contributed by atoms with Crippen LogP contribution >= 0.6 is 27.5 Å². The van der Waals surface area contributed by atoms with Crippen LogP contribution in [-0.2, 0) is 14.6 Å². The summed E-state index contributed by atoms with van der Waals surface area (Å²) in [5, 5.41) is 0. The highest BCUT2D eigenvalue weighted by Crippen LogP contribution is 2.33. The predicted octanol–water partition coefficient (Wildman–Crippen LogP) is 1.81. The lowest BCUT2D eigenvalue weighted by Gasteiger charge is -2.28. The summed E-state index contributed by atoms with van der Waals surface area (Å²) >= 11 is 8.77. The second kappa shape index (κ2) is 4.59. The van der Waals surface area contributed by atoms with Gasteiger partial charge < -0.3 is 4.90 Å². The molecular weight excluding hydrogens is 330 g/mol. The van der Waals surface area contributed by atoms with Gasteiger partial charge in [0.25, 0.3) is 0 Å². The molecule has 0 unspecified atom stereocenters. The molecule has 0 aromatic heterocycles. The van der Waals surface area contributed by atoms with Gasteiger partial charge in [0, 0.05) is 11.0 Å². The normalized spacial score (nSPS) is 17.6. The van der Waals surface area contributed by atoms with Crippen molar-refractivity contribution >= 4 is 49.0 Å². The second-order valence-electron chi connectivity index (χ2n) is 3.61. The van der Waals surface area contributed by atoms with Crippen molar-refractivity contribution in [1.29, 1.82) is 0 Å². The third kappa shape index (κ3) is 2.34. The maximum atomic E-state index is 11.9. The molecule has 0 saturated carbocycles. The average Bonchev–Trinajstić information content (AvgIpc) is 2.27. The van der Waals surface area contributed by atoms with Gasteiger partial charge in [0.2, 0.25) is 5.91 Å². The summed E-state index contributed by atoms with van der Waals surface area (Å²) in [5.74, 6) is -0.517. The van der Waals surface area contributed by atoms with Crippen LogP contribution in [0.15, 0.2) is 27.6 Å². The Kier molecular flexibility index (Phi) is 3.47. The van der Waals surface area contributed by atoms with Crippen molar-refractivity contribution in [2.75, 3.05) is 23.1 Å². The molecule has 1 aromatic rings. The number of rotatable bonds is 1. The van der Waals surface area contributed by atoms with Gasteiger partial charge in [-0.25, -0.2) is 8.42 Å². The molecular formula is C10H9BrClNO3S. The van der Waals surface area contributed by atoms with E-state index in [2.05, 4.69) is 15.9 Å². The Morgan fingerprint density at radius 1 is 1.47 bits per heavy atom. The first kappa shape index (κ1) is 12.9. The third-order valence-electron chi connectivity index (χ3n) is 2.55. The first-order valence-corrected chi connectivity index (χ1v) is 7.82. The van der Waals surface area contributed by atoms with Crippen LogP contribution in [-0.4, -0.2) is 32.5 Å². The Balaban J connectivity index is 2.61. The summed E-state index contributed by atoms with van der Waals surface area (Å²) in [6, 6.07) is 4.77. The molecule has 1 aliphatic heterocycles. The van der Waals surface area contributed by atoms with Gasteiger partial charge in [-0.3, -0.25) is 4.79 Å². The number of anilines is 1. The van der Waals surface area contributed by atoms with E-state index in [0.717, 1.165) is 4.47 Å². The van der Waals surface area contributed by atoms with E-state index in [4.69, 9.17) is 11.6 Å². The molecule has 0 saturated heterocycles. The second-order valence-corrected chi connectivity index (χ2v) is 6.87. The van der Waals surface area contributed by atoms with Gasteiger partial charge in [-0.2, -0.15) is 0 Å². The summed E-state index contributed by atoms with van der Waals surface area (Å²) < 4.78 is 24.4. The lowest BCUT2D eigenvalue weighted by molar-refractivity contribution is -0.116. The minimum absolute atomic E-state index is 0.0652.